The van der Waals surface area contributed by atoms with E-state index in [2.05, 4.69) is 0 Å². The van der Waals surface area contributed by atoms with Crippen molar-refractivity contribution in [1.82, 2.24) is 4.31 Å². The first-order chi connectivity index (χ1) is 12.6. The first-order valence-electron chi connectivity index (χ1n) is 8.39. The van der Waals surface area contributed by atoms with Crippen LogP contribution in [0.15, 0.2) is 82.3 Å². The molecule has 0 N–H and O–H groups in total. The third-order valence-corrected chi connectivity index (χ3v) is 5.69. The predicted octanol–water partition coefficient (Wildman–Crippen LogP) is 4.07. The van der Waals surface area contributed by atoms with Crippen molar-refractivity contribution in [2.24, 2.45) is 0 Å². The van der Waals surface area contributed by atoms with E-state index in [1.807, 2.05) is 37.3 Å². The highest BCUT2D eigenvalue weighted by atomic mass is 32.2. The SMILES string of the molecule is CCOc1ccc(S(=O)(=O)N(Cc2ccccc2)Cc2ccco2)cc1. The van der Waals surface area contributed by atoms with Crippen molar-refractivity contribution in [2.75, 3.05) is 6.61 Å². The van der Waals surface area contributed by atoms with E-state index in [-0.39, 0.29) is 18.0 Å². The third kappa shape index (κ3) is 4.33. The zero-order valence-corrected chi connectivity index (χ0v) is 15.4. The van der Waals surface area contributed by atoms with Gasteiger partial charge in [-0.3, -0.25) is 0 Å². The van der Waals surface area contributed by atoms with Gasteiger partial charge in [-0.25, -0.2) is 8.42 Å². The van der Waals surface area contributed by atoms with Gasteiger partial charge in [0.2, 0.25) is 10.0 Å². The molecule has 0 atom stereocenters. The highest BCUT2D eigenvalue weighted by Gasteiger charge is 2.25. The summed E-state index contributed by atoms with van der Waals surface area (Å²) in [7, 11) is -3.69. The summed E-state index contributed by atoms with van der Waals surface area (Å²) < 4.78 is 38.5. The van der Waals surface area contributed by atoms with Gasteiger partial charge in [0.15, 0.2) is 0 Å². The normalized spacial score (nSPS) is 11.6. The van der Waals surface area contributed by atoms with Gasteiger partial charge in [-0.2, -0.15) is 4.31 Å². The van der Waals surface area contributed by atoms with Crippen molar-refractivity contribution in [1.29, 1.82) is 0 Å². The number of benzene rings is 2. The molecule has 0 bridgehead atoms. The Kier molecular flexibility index (Phi) is 5.75. The Morgan fingerprint density at radius 1 is 0.923 bits per heavy atom. The van der Waals surface area contributed by atoms with E-state index in [1.54, 1.807) is 42.7 Å². The van der Waals surface area contributed by atoms with E-state index >= 15 is 0 Å². The maximum atomic E-state index is 13.2. The summed E-state index contributed by atoms with van der Waals surface area (Å²) in [5, 5.41) is 0. The third-order valence-electron chi connectivity index (χ3n) is 3.89. The fraction of sp³-hybridized carbons (Fsp3) is 0.200. The fourth-order valence-corrected chi connectivity index (χ4v) is 4.01. The van der Waals surface area contributed by atoms with Gasteiger partial charge in [0.1, 0.15) is 11.5 Å². The van der Waals surface area contributed by atoms with Crippen LogP contribution in [0.1, 0.15) is 18.2 Å². The van der Waals surface area contributed by atoms with Crippen LogP contribution in [0.3, 0.4) is 0 Å². The van der Waals surface area contributed by atoms with E-state index in [0.717, 1.165) is 5.56 Å². The van der Waals surface area contributed by atoms with Crippen LogP contribution in [-0.4, -0.2) is 19.3 Å². The molecule has 0 fully saturated rings. The Balaban J connectivity index is 1.90. The van der Waals surface area contributed by atoms with Crippen LogP contribution in [0, 0.1) is 0 Å². The van der Waals surface area contributed by atoms with Crippen molar-refractivity contribution in [3.8, 4) is 5.75 Å². The minimum absolute atomic E-state index is 0.164. The van der Waals surface area contributed by atoms with E-state index < -0.39 is 10.0 Å². The molecule has 0 radical (unpaired) electrons. The van der Waals surface area contributed by atoms with Crippen LogP contribution in [0.2, 0.25) is 0 Å². The summed E-state index contributed by atoms with van der Waals surface area (Å²) in [6, 6.07) is 19.5. The monoisotopic (exact) mass is 371 g/mol. The summed E-state index contributed by atoms with van der Waals surface area (Å²) in [5.74, 6) is 1.24. The lowest BCUT2D eigenvalue weighted by Gasteiger charge is -2.21. The van der Waals surface area contributed by atoms with Gasteiger partial charge in [0.25, 0.3) is 0 Å². The summed E-state index contributed by atoms with van der Waals surface area (Å²) in [4.78, 5) is 0.225. The zero-order valence-electron chi connectivity index (χ0n) is 14.5. The lowest BCUT2D eigenvalue weighted by molar-refractivity contribution is 0.339. The first-order valence-corrected chi connectivity index (χ1v) is 9.83. The van der Waals surface area contributed by atoms with E-state index in [4.69, 9.17) is 9.15 Å². The topological polar surface area (TPSA) is 59.8 Å². The summed E-state index contributed by atoms with van der Waals surface area (Å²) in [5.41, 5.74) is 0.911. The van der Waals surface area contributed by atoms with E-state index in [1.165, 1.54) is 4.31 Å². The summed E-state index contributed by atoms with van der Waals surface area (Å²) in [6.07, 6.45) is 1.54. The average Bonchev–Trinajstić information content (AvgIpc) is 3.16. The van der Waals surface area contributed by atoms with Gasteiger partial charge in [0.05, 0.1) is 24.3 Å². The molecule has 0 aliphatic rings. The molecule has 136 valence electrons. The van der Waals surface area contributed by atoms with Crippen LogP contribution >= 0.6 is 0 Å². The second-order valence-electron chi connectivity index (χ2n) is 5.74. The number of sulfonamides is 1. The molecule has 6 heteroatoms. The first kappa shape index (κ1) is 18.2. The van der Waals surface area contributed by atoms with Crippen molar-refractivity contribution in [3.63, 3.8) is 0 Å². The van der Waals surface area contributed by atoms with Crippen LogP contribution < -0.4 is 4.74 Å². The quantitative estimate of drug-likeness (QED) is 0.599. The van der Waals surface area contributed by atoms with E-state index in [9.17, 15) is 8.42 Å². The molecule has 1 aromatic heterocycles. The molecule has 1 heterocycles. The smallest absolute Gasteiger partial charge is 0.243 e. The standard InChI is InChI=1S/C20H21NO4S/c1-2-24-18-10-12-20(13-11-18)26(22,23)21(16-19-9-6-14-25-19)15-17-7-4-3-5-8-17/h3-14H,2,15-16H2,1H3. The number of rotatable bonds is 8. The Bertz CT molecular complexity index is 904. The molecule has 26 heavy (non-hydrogen) atoms. The maximum absolute atomic E-state index is 13.2. The maximum Gasteiger partial charge on any atom is 0.243 e. The number of ether oxygens (including phenoxy) is 1. The van der Waals surface area contributed by atoms with Crippen LogP contribution in [0.5, 0.6) is 5.75 Å². The highest BCUT2D eigenvalue weighted by molar-refractivity contribution is 7.89. The molecule has 3 aromatic rings. The van der Waals surface area contributed by atoms with Crippen molar-refractivity contribution < 1.29 is 17.6 Å². The summed E-state index contributed by atoms with van der Waals surface area (Å²) in [6.45, 7) is 2.84. The minimum atomic E-state index is -3.69. The number of furan rings is 1. The Hall–Kier alpha value is -2.57. The molecule has 0 aliphatic heterocycles. The number of nitrogens with zero attached hydrogens (tertiary/aromatic N) is 1. The van der Waals surface area contributed by atoms with Crippen molar-refractivity contribution in [3.05, 3.63) is 84.3 Å². The largest absolute Gasteiger partial charge is 0.494 e. The highest BCUT2D eigenvalue weighted by Crippen LogP contribution is 2.23. The van der Waals surface area contributed by atoms with Gasteiger partial charge in [-0.1, -0.05) is 30.3 Å². The molecule has 3 rings (SSSR count). The van der Waals surface area contributed by atoms with Gasteiger partial charge < -0.3 is 9.15 Å². The van der Waals surface area contributed by atoms with Gasteiger partial charge in [-0.05, 0) is 48.9 Å². The molecule has 2 aromatic carbocycles. The lowest BCUT2D eigenvalue weighted by Crippen LogP contribution is -2.30. The second kappa shape index (κ2) is 8.21. The Labute approximate surface area is 153 Å². The fourth-order valence-electron chi connectivity index (χ4n) is 2.61. The molecule has 0 saturated heterocycles. The van der Waals surface area contributed by atoms with Crippen LogP contribution in [0.4, 0.5) is 0 Å². The average molecular weight is 371 g/mol. The molecule has 0 saturated carbocycles. The van der Waals surface area contributed by atoms with Crippen molar-refractivity contribution >= 4 is 10.0 Å². The minimum Gasteiger partial charge on any atom is -0.494 e. The number of hydrogen-bond donors (Lipinski definition) is 0. The summed E-state index contributed by atoms with van der Waals surface area (Å²) >= 11 is 0. The molecule has 0 aliphatic carbocycles. The van der Waals surface area contributed by atoms with Gasteiger partial charge in [-0.15, -0.1) is 0 Å². The van der Waals surface area contributed by atoms with Crippen LogP contribution in [0.25, 0.3) is 0 Å². The molecule has 0 amide bonds. The zero-order chi connectivity index (χ0) is 18.4. The van der Waals surface area contributed by atoms with Crippen LogP contribution in [-0.2, 0) is 23.1 Å². The Morgan fingerprint density at radius 2 is 1.65 bits per heavy atom. The predicted molar refractivity (Wildman–Crippen MR) is 99.2 cm³/mol. The molecular formula is C20H21NO4S. The van der Waals surface area contributed by atoms with Gasteiger partial charge in [0, 0.05) is 6.54 Å². The van der Waals surface area contributed by atoms with E-state index in [0.29, 0.717) is 18.1 Å². The molecule has 0 unspecified atom stereocenters. The number of hydrogen-bond acceptors (Lipinski definition) is 4. The van der Waals surface area contributed by atoms with Gasteiger partial charge >= 0.3 is 0 Å². The second-order valence-corrected chi connectivity index (χ2v) is 7.68. The van der Waals surface area contributed by atoms with Crippen molar-refractivity contribution in [2.45, 2.75) is 24.9 Å². The Morgan fingerprint density at radius 3 is 2.27 bits per heavy atom. The molecule has 0 spiro atoms. The molecular weight excluding hydrogens is 350 g/mol. The molecule has 5 nitrogen and oxygen atoms in total. The lowest BCUT2D eigenvalue weighted by atomic mass is 10.2.